The zero-order chi connectivity index (χ0) is 10.6. The molecule has 0 bridgehead atoms. The van der Waals surface area contributed by atoms with Crippen molar-refractivity contribution in [1.29, 1.82) is 0 Å². The maximum atomic E-state index is 12.8. The van der Waals surface area contributed by atoms with Crippen LogP contribution >= 0.6 is 0 Å². The fourth-order valence-corrected chi connectivity index (χ4v) is 0.732. The Morgan fingerprint density at radius 3 is 2.29 bits per heavy atom. The Balaban J connectivity index is 3.00. The van der Waals surface area contributed by atoms with Gasteiger partial charge in [-0.1, -0.05) is 18.1 Å². The largest absolute Gasteiger partial charge is 0.314 e. The molecule has 4 heteroatoms. The molecule has 1 rings (SSSR count). The van der Waals surface area contributed by atoms with Crippen molar-refractivity contribution < 1.29 is 17.6 Å². The summed E-state index contributed by atoms with van der Waals surface area (Å²) in [6.45, 7) is 0. The fraction of sp³-hybridized carbons (Fsp3) is 0. The molecule has 0 saturated heterocycles. The van der Waals surface area contributed by atoms with Crippen molar-refractivity contribution in [2.75, 3.05) is 0 Å². The third-order valence-corrected chi connectivity index (χ3v) is 1.35. The van der Waals surface area contributed by atoms with Crippen LogP contribution in [0.4, 0.5) is 17.6 Å². The first-order chi connectivity index (χ1) is 6.61. The Morgan fingerprint density at radius 1 is 1.07 bits per heavy atom. The van der Waals surface area contributed by atoms with Crippen LogP contribution in [0, 0.1) is 17.7 Å². The van der Waals surface area contributed by atoms with E-state index in [-0.39, 0.29) is 5.56 Å². The Kier molecular flexibility index (Phi) is 3.29. The Morgan fingerprint density at radius 2 is 1.71 bits per heavy atom. The maximum Gasteiger partial charge on any atom is 0.314 e. The summed E-state index contributed by atoms with van der Waals surface area (Å²) in [5.74, 6) is 0.955. The summed E-state index contributed by atoms with van der Waals surface area (Å²) in [6, 6.07) is 5.27. The van der Waals surface area contributed by atoms with Crippen molar-refractivity contribution >= 4 is 0 Å². The van der Waals surface area contributed by atoms with Crippen LogP contribution in [0.15, 0.2) is 36.2 Å². The van der Waals surface area contributed by atoms with Gasteiger partial charge in [0.2, 0.25) is 5.83 Å². The molecule has 0 aliphatic carbocycles. The average molecular weight is 200 g/mol. The van der Waals surface area contributed by atoms with Crippen LogP contribution in [-0.2, 0) is 0 Å². The van der Waals surface area contributed by atoms with E-state index in [1.165, 1.54) is 24.1 Å². The standard InChI is InChI=1S/C10H4F4/c11-8-4-2-1-3-7(8)5-6-9(12)10(13)14/h1-4H. The molecule has 0 radical (unpaired) electrons. The number of halogens is 4. The Labute approximate surface area is 77.9 Å². The van der Waals surface area contributed by atoms with Crippen molar-refractivity contribution in [1.82, 2.24) is 0 Å². The molecule has 0 unspecified atom stereocenters. The highest BCUT2D eigenvalue weighted by molar-refractivity contribution is 5.39. The van der Waals surface area contributed by atoms with Crippen LogP contribution in [0.5, 0.6) is 0 Å². The van der Waals surface area contributed by atoms with Crippen LogP contribution in [-0.4, -0.2) is 0 Å². The summed E-state index contributed by atoms with van der Waals surface area (Å²) < 4.78 is 48.1. The molecule has 0 aromatic heterocycles. The minimum atomic E-state index is -2.51. The summed E-state index contributed by atoms with van der Waals surface area (Å²) in [6.07, 6.45) is -2.51. The second-order valence-corrected chi connectivity index (χ2v) is 2.30. The van der Waals surface area contributed by atoms with Gasteiger partial charge >= 0.3 is 6.08 Å². The van der Waals surface area contributed by atoms with Gasteiger partial charge in [-0.15, -0.1) is 0 Å². The van der Waals surface area contributed by atoms with Gasteiger partial charge in [0, 0.05) is 0 Å². The molecule has 0 fully saturated rings. The highest BCUT2D eigenvalue weighted by Crippen LogP contribution is 2.09. The summed E-state index contributed by atoms with van der Waals surface area (Å²) in [5, 5.41) is 0. The lowest BCUT2D eigenvalue weighted by Crippen LogP contribution is -1.81. The molecule has 1 aromatic rings. The summed E-state index contributed by atoms with van der Waals surface area (Å²) in [5.41, 5.74) is -0.121. The topological polar surface area (TPSA) is 0 Å². The first-order valence-electron chi connectivity index (χ1n) is 3.58. The second-order valence-electron chi connectivity index (χ2n) is 2.30. The number of rotatable bonds is 0. The number of benzene rings is 1. The third-order valence-electron chi connectivity index (χ3n) is 1.35. The lowest BCUT2D eigenvalue weighted by atomic mass is 10.2. The number of hydrogen-bond acceptors (Lipinski definition) is 0. The zero-order valence-corrected chi connectivity index (χ0v) is 6.82. The predicted molar refractivity (Wildman–Crippen MR) is 43.6 cm³/mol. The fourth-order valence-electron chi connectivity index (χ4n) is 0.732. The van der Waals surface area contributed by atoms with E-state index in [2.05, 4.69) is 0 Å². The molecule has 0 atom stereocenters. The number of allylic oxidation sites excluding steroid dienone is 1. The highest BCUT2D eigenvalue weighted by Gasteiger charge is 2.00. The predicted octanol–water partition coefficient (Wildman–Crippen LogP) is 3.25. The normalized spacial score (nSPS) is 8.86. The maximum absolute atomic E-state index is 12.8. The van der Waals surface area contributed by atoms with E-state index in [0.29, 0.717) is 0 Å². The molecular formula is C10H4F4. The quantitative estimate of drug-likeness (QED) is 0.445. The van der Waals surface area contributed by atoms with Gasteiger partial charge in [-0.25, -0.2) is 4.39 Å². The van der Waals surface area contributed by atoms with E-state index in [0.717, 1.165) is 6.07 Å². The third kappa shape index (κ3) is 2.63. The minimum Gasteiger partial charge on any atom is -0.206 e. The Hall–Kier alpha value is -1.76. The molecule has 0 amide bonds. The molecule has 1 aromatic carbocycles. The van der Waals surface area contributed by atoms with Crippen molar-refractivity contribution in [3.63, 3.8) is 0 Å². The molecule has 0 nitrogen and oxygen atoms in total. The molecule has 0 spiro atoms. The molecule has 14 heavy (non-hydrogen) atoms. The summed E-state index contributed by atoms with van der Waals surface area (Å²) in [7, 11) is 0. The van der Waals surface area contributed by atoms with Crippen molar-refractivity contribution in [3.05, 3.63) is 47.6 Å². The number of hydrogen-bond donors (Lipinski definition) is 0. The van der Waals surface area contributed by atoms with Crippen molar-refractivity contribution in [2.45, 2.75) is 0 Å². The van der Waals surface area contributed by atoms with Gasteiger partial charge in [-0.05, 0) is 18.1 Å². The molecule has 72 valence electrons. The van der Waals surface area contributed by atoms with Crippen molar-refractivity contribution in [2.24, 2.45) is 0 Å². The molecule has 0 N–H and O–H groups in total. The van der Waals surface area contributed by atoms with Crippen LogP contribution < -0.4 is 0 Å². The van der Waals surface area contributed by atoms with Gasteiger partial charge < -0.3 is 0 Å². The van der Waals surface area contributed by atoms with E-state index >= 15 is 0 Å². The van der Waals surface area contributed by atoms with Gasteiger partial charge in [-0.3, -0.25) is 0 Å². The monoisotopic (exact) mass is 200 g/mol. The first kappa shape index (κ1) is 10.3. The van der Waals surface area contributed by atoms with Gasteiger partial charge in [-0.2, -0.15) is 13.2 Å². The molecule has 0 aliphatic heterocycles. The van der Waals surface area contributed by atoms with E-state index < -0.39 is 17.7 Å². The SMILES string of the molecule is FC(F)=C(F)C#Cc1ccccc1F. The highest BCUT2D eigenvalue weighted by atomic mass is 19.3. The van der Waals surface area contributed by atoms with Crippen LogP contribution in [0.1, 0.15) is 5.56 Å². The van der Waals surface area contributed by atoms with Crippen molar-refractivity contribution in [3.8, 4) is 11.8 Å². The molecular weight excluding hydrogens is 196 g/mol. The van der Waals surface area contributed by atoms with Gasteiger partial charge in [0.25, 0.3) is 0 Å². The second kappa shape index (κ2) is 4.47. The van der Waals surface area contributed by atoms with Gasteiger partial charge in [0.15, 0.2) is 0 Å². The minimum absolute atomic E-state index is 0.121. The molecule has 0 heterocycles. The molecule has 0 aliphatic rings. The van der Waals surface area contributed by atoms with Crippen LogP contribution in [0.3, 0.4) is 0 Å². The Bertz CT molecular complexity index is 419. The van der Waals surface area contributed by atoms with Crippen LogP contribution in [0.2, 0.25) is 0 Å². The zero-order valence-electron chi connectivity index (χ0n) is 6.82. The first-order valence-corrected chi connectivity index (χ1v) is 3.58. The lowest BCUT2D eigenvalue weighted by molar-refractivity contribution is 0.389. The van der Waals surface area contributed by atoms with Gasteiger partial charge in [0.05, 0.1) is 5.56 Å². The van der Waals surface area contributed by atoms with E-state index in [9.17, 15) is 17.6 Å². The van der Waals surface area contributed by atoms with Gasteiger partial charge in [0.1, 0.15) is 5.82 Å². The van der Waals surface area contributed by atoms with E-state index in [4.69, 9.17) is 0 Å². The van der Waals surface area contributed by atoms with Crippen LogP contribution in [0.25, 0.3) is 0 Å². The summed E-state index contributed by atoms with van der Waals surface area (Å²) >= 11 is 0. The average Bonchev–Trinajstić information content (AvgIpc) is 2.16. The van der Waals surface area contributed by atoms with E-state index in [1.807, 2.05) is 5.92 Å². The summed E-state index contributed by atoms with van der Waals surface area (Å²) in [4.78, 5) is 0. The van der Waals surface area contributed by atoms with E-state index in [1.54, 1.807) is 0 Å². The lowest BCUT2D eigenvalue weighted by Gasteiger charge is -1.90. The molecule has 0 saturated carbocycles. The smallest absolute Gasteiger partial charge is 0.206 e.